The first kappa shape index (κ1) is 9.00. The molecule has 0 radical (unpaired) electrons. The normalized spacial score (nSPS) is 32.2. The average molecular weight is 183 g/mol. The number of hydrogen-bond donors (Lipinski definition) is 2. The van der Waals surface area contributed by atoms with Crippen LogP contribution >= 0.6 is 0 Å². The average Bonchev–Trinajstić information content (AvgIpc) is 2.51. The van der Waals surface area contributed by atoms with Gasteiger partial charge in [-0.05, 0) is 25.7 Å². The highest BCUT2D eigenvalue weighted by Crippen LogP contribution is 2.36. The smallest absolute Gasteiger partial charge is 0.320 e. The topological polar surface area (TPSA) is 49.3 Å². The third-order valence-electron chi connectivity index (χ3n) is 3.50. The Morgan fingerprint density at radius 2 is 1.92 bits per heavy atom. The molecule has 0 amide bonds. The molecule has 74 valence electrons. The summed E-state index contributed by atoms with van der Waals surface area (Å²) in [5.74, 6) is -0.678. The number of rotatable bonds is 1. The quantitative estimate of drug-likeness (QED) is 0.648. The van der Waals surface area contributed by atoms with Crippen LogP contribution in [0.5, 0.6) is 0 Å². The molecule has 1 heterocycles. The van der Waals surface area contributed by atoms with Crippen molar-refractivity contribution in [2.45, 2.75) is 56.5 Å². The second kappa shape index (κ2) is 3.29. The van der Waals surface area contributed by atoms with E-state index >= 15 is 0 Å². The van der Waals surface area contributed by atoms with E-state index < -0.39 is 5.97 Å². The molecule has 2 fully saturated rings. The summed E-state index contributed by atoms with van der Waals surface area (Å²) >= 11 is 0. The number of carboxylic acids is 1. The molecule has 1 aliphatic heterocycles. The van der Waals surface area contributed by atoms with Crippen molar-refractivity contribution in [1.29, 1.82) is 0 Å². The van der Waals surface area contributed by atoms with Gasteiger partial charge in [-0.2, -0.15) is 0 Å². The van der Waals surface area contributed by atoms with Gasteiger partial charge in [-0.1, -0.05) is 19.3 Å². The van der Waals surface area contributed by atoms with Crippen LogP contribution in [0, 0.1) is 0 Å². The number of hydrogen-bond acceptors (Lipinski definition) is 2. The van der Waals surface area contributed by atoms with Crippen molar-refractivity contribution in [2.75, 3.05) is 0 Å². The third-order valence-corrected chi connectivity index (χ3v) is 3.50. The summed E-state index contributed by atoms with van der Waals surface area (Å²) in [6, 6.07) is -0.280. The zero-order valence-corrected chi connectivity index (χ0v) is 7.88. The molecule has 0 aromatic rings. The molecule has 1 spiro atoms. The Hall–Kier alpha value is -0.570. The van der Waals surface area contributed by atoms with Crippen molar-refractivity contribution in [3.63, 3.8) is 0 Å². The van der Waals surface area contributed by atoms with Crippen LogP contribution in [-0.2, 0) is 4.79 Å². The van der Waals surface area contributed by atoms with E-state index in [9.17, 15) is 4.79 Å². The molecule has 0 aromatic carbocycles. The fraction of sp³-hybridized carbons (Fsp3) is 0.900. The predicted octanol–water partition coefficient (Wildman–Crippen LogP) is 1.53. The van der Waals surface area contributed by atoms with Gasteiger partial charge in [0, 0.05) is 5.54 Å². The van der Waals surface area contributed by atoms with E-state index in [-0.39, 0.29) is 11.6 Å². The molecule has 1 saturated heterocycles. The van der Waals surface area contributed by atoms with Crippen LogP contribution in [0.25, 0.3) is 0 Å². The van der Waals surface area contributed by atoms with E-state index in [1.54, 1.807) is 0 Å². The lowest BCUT2D eigenvalue weighted by atomic mass is 9.81. The van der Waals surface area contributed by atoms with E-state index in [0.717, 1.165) is 12.8 Å². The highest BCUT2D eigenvalue weighted by molar-refractivity contribution is 5.74. The summed E-state index contributed by atoms with van der Waals surface area (Å²) in [7, 11) is 0. The van der Waals surface area contributed by atoms with Crippen LogP contribution in [0.15, 0.2) is 0 Å². The zero-order chi connectivity index (χ0) is 9.31. The predicted molar refractivity (Wildman–Crippen MR) is 49.6 cm³/mol. The van der Waals surface area contributed by atoms with Crippen LogP contribution in [0.3, 0.4) is 0 Å². The minimum absolute atomic E-state index is 0.196. The Bertz CT molecular complexity index is 209. The summed E-state index contributed by atoms with van der Waals surface area (Å²) < 4.78 is 0. The highest BCUT2D eigenvalue weighted by atomic mass is 16.4. The van der Waals surface area contributed by atoms with Crippen molar-refractivity contribution in [2.24, 2.45) is 0 Å². The maximum absolute atomic E-state index is 10.8. The van der Waals surface area contributed by atoms with Crippen molar-refractivity contribution < 1.29 is 9.90 Å². The standard InChI is InChI=1S/C10H17NO2/c12-9(13)8-4-7-10(11-8)5-2-1-3-6-10/h8,11H,1-7H2,(H,12,13). The fourth-order valence-electron chi connectivity index (χ4n) is 2.74. The van der Waals surface area contributed by atoms with Gasteiger partial charge in [-0.15, -0.1) is 0 Å². The van der Waals surface area contributed by atoms with Crippen molar-refractivity contribution in [3.05, 3.63) is 0 Å². The Labute approximate surface area is 78.5 Å². The first-order valence-corrected chi connectivity index (χ1v) is 5.22. The second-order valence-corrected chi connectivity index (χ2v) is 4.41. The van der Waals surface area contributed by atoms with Crippen LogP contribution in [-0.4, -0.2) is 22.7 Å². The first-order valence-electron chi connectivity index (χ1n) is 5.22. The number of nitrogens with one attached hydrogen (secondary N) is 1. The van der Waals surface area contributed by atoms with Gasteiger partial charge >= 0.3 is 5.97 Å². The largest absolute Gasteiger partial charge is 0.480 e. The first-order chi connectivity index (χ1) is 6.22. The lowest BCUT2D eigenvalue weighted by Gasteiger charge is -2.34. The lowest BCUT2D eigenvalue weighted by molar-refractivity contribution is -0.139. The number of aliphatic carboxylic acids is 1. The van der Waals surface area contributed by atoms with E-state index in [1.165, 1.54) is 32.1 Å². The molecule has 0 bridgehead atoms. The van der Waals surface area contributed by atoms with Crippen LogP contribution in [0.2, 0.25) is 0 Å². The van der Waals surface area contributed by atoms with Gasteiger partial charge in [0.05, 0.1) is 0 Å². The van der Waals surface area contributed by atoms with E-state index in [2.05, 4.69) is 5.32 Å². The number of carboxylic acid groups (broad SMARTS) is 1. The van der Waals surface area contributed by atoms with Gasteiger partial charge < -0.3 is 5.11 Å². The maximum atomic E-state index is 10.8. The van der Waals surface area contributed by atoms with Crippen LogP contribution in [0.4, 0.5) is 0 Å². The number of carbonyl (C=O) groups is 1. The Kier molecular flexibility index (Phi) is 2.28. The molecule has 1 saturated carbocycles. The van der Waals surface area contributed by atoms with E-state index in [4.69, 9.17) is 5.11 Å². The molecule has 2 rings (SSSR count). The molecule has 3 heteroatoms. The van der Waals surface area contributed by atoms with Gasteiger partial charge in [-0.3, -0.25) is 10.1 Å². The molecular formula is C10H17NO2. The summed E-state index contributed by atoms with van der Waals surface area (Å²) in [6.07, 6.45) is 8.08. The summed E-state index contributed by atoms with van der Waals surface area (Å²) in [5.41, 5.74) is 0.196. The molecule has 3 nitrogen and oxygen atoms in total. The van der Waals surface area contributed by atoms with Crippen LogP contribution in [0.1, 0.15) is 44.9 Å². The lowest BCUT2D eigenvalue weighted by Crippen LogP contribution is -2.46. The molecule has 2 aliphatic rings. The van der Waals surface area contributed by atoms with E-state index in [0.29, 0.717) is 0 Å². The Balaban J connectivity index is 1.98. The summed E-state index contributed by atoms with van der Waals surface area (Å²) in [6.45, 7) is 0. The minimum atomic E-state index is -0.678. The summed E-state index contributed by atoms with van der Waals surface area (Å²) in [5, 5.41) is 12.2. The van der Waals surface area contributed by atoms with Gasteiger partial charge in [-0.25, -0.2) is 0 Å². The van der Waals surface area contributed by atoms with Gasteiger partial charge in [0.2, 0.25) is 0 Å². The zero-order valence-electron chi connectivity index (χ0n) is 7.88. The fourth-order valence-corrected chi connectivity index (χ4v) is 2.74. The van der Waals surface area contributed by atoms with Gasteiger partial charge in [0.1, 0.15) is 6.04 Å². The Morgan fingerprint density at radius 3 is 2.46 bits per heavy atom. The highest BCUT2D eigenvalue weighted by Gasteiger charge is 2.41. The molecule has 0 aromatic heterocycles. The molecule has 13 heavy (non-hydrogen) atoms. The minimum Gasteiger partial charge on any atom is -0.480 e. The van der Waals surface area contributed by atoms with Crippen molar-refractivity contribution in [3.8, 4) is 0 Å². The van der Waals surface area contributed by atoms with Crippen molar-refractivity contribution >= 4 is 5.97 Å². The van der Waals surface area contributed by atoms with Gasteiger partial charge in [0.15, 0.2) is 0 Å². The molecule has 1 unspecified atom stereocenters. The van der Waals surface area contributed by atoms with Crippen LogP contribution < -0.4 is 5.32 Å². The maximum Gasteiger partial charge on any atom is 0.320 e. The second-order valence-electron chi connectivity index (χ2n) is 4.41. The molecule has 1 atom stereocenters. The summed E-state index contributed by atoms with van der Waals surface area (Å²) in [4.78, 5) is 10.8. The third kappa shape index (κ3) is 1.70. The monoisotopic (exact) mass is 183 g/mol. The molecular weight excluding hydrogens is 166 g/mol. The molecule has 2 N–H and O–H groups in total. The molecule has 1 aliphatic carbocycles. The SMILES string of the molecule is O=C(O)C1CCC2(CCCCC2)N1. The van der Waals surface area contributed by atoms with Gasteiger partial charge in [0.25, 0.3) is 0 Å². The van der Waals surface area contributed by atoms with Crippen molar-refractivity contribution in [1.82, 2.24) is 5.32 Å². The van der Waals surface area contributed by atoms with E-state index in [1.807, 2.05) is 0 Å². The Morgan fingerprint density at radius 1 is 1.23 bits per heavy atom.